The fourth-order valence-electron chi connectivity index (χ4n) is 1.52. The summed E-state index contributed by atoms with van der Waals surface area (Å²) < 4.78 is 0. The van der Waals surface area contributed by atoms with Gasteiger partial charge in [-0.05, 0) is 24.2 Å². The summed E-state index contributed by atoms with van der Waals surface area (Å²) in [5.74, 6) is 0.220. The summed E-state index contributed by atoms with van der Waals surface area (Å²) in [4.78, 5) is 2.21. The van der Waals surface area contributed by atoms with Crippen LogP contribution in [0.15, 0.2) is 18.2 Å². The fraction of sp³-hybridized carbons (Fsp3) is 0.417. The first-order valence-electron chi connectivity index (χ1n) is 5.52. The van der Waals surface area contributed by atoms with Gasteiger partial charge in [0.1, 0.15) is 0 Å². The highest BCUT2D eigenvalue weighted by molar-refractivity contribution is 6.42. The molecule has 0 aliphatic heterocycles. The number of nitrogens with zero attached hydrogens (tertiary/aromatic N) is 1. The maximum absolute atomic E-state index is 7.22. The van der Waals surface area contributed by atoms with Crippen LogP contribution in [-0.4, -0.2) is 23.8 Å². The number of nitrogens with one attached hydrogen (secondary N) is 1. The molecular formula is C12H17Cl2N3. The van der Waals surface area contributed by atoms with Gasteiger partial charge in [0.2, 0.25) is 0 Å². The van der Waals surface area contributed by atoms with E-state index in [2.05, 4.69) is 11.8 Å². The minimum absolute atomic E-state index is 0.220. The van der Waals surface area contributed by atoms with E-state index >= 15 is 0 Å². The molecular weight excluding hydrogens is 257 g/mol. The van der Waals surface area contributed by atoms with Gasteiger partial charge in [-0.1, -0.05) is 36.2 Å². The highest BCUT2D eigenvalue weighted by Crippen LogP contribution is 2.23. The summed E-state index contributed by atoms with van der Waals surface area (Å²) in [6, 6.07) is 5.64. The molecule has 0 saturated carbocycles. The van der Waals surface area contributed by atoms with Crippen LogP contribution in [0.1, 0.15) is 18.9 Å². The Kier molecular flexibility index (Phi) is 5.75. The SMILES string of the molecule is CCN(CCC(=N)N)Cc1ccc(Cl)c(Cl)c1. The maximum atomic E-state index is 7.22. The number of benzene rings is 1. The van der Waals surface area contributed by atoms with Crippen molar-refractivity contribution >= 4 is 29.0 Å². The molecule has 5 heteroatoms. The Balaban J connectivity index is 2.60. The van der Waals surface area contributed by atoms with Crippen molar-refractivity contribution in [2.24, 2.45) is 5.73 Å². The molecule has 0 bridgehead atoms. The van der Waals surface area contributed by atoms with Gasteiger partial charge in [0, 0.05) is 19.5 Å². The number of hydrogen-bond donors (Lipinski definition) is 2. The molecule has 17 heavy (non-hydrogen) atoms. The van der Waals surface area contributed by atoms with Crippen molar-refractivity contribution in [1.82, 2.24) is 4.90 Å². The summed E-state index contributed by atoms with van der Waals surface area (Å²) in [6.07, 6.45) is 0.592. The zero-order valence-corrected chi connectivity index (χ0v) is 11.4. The molecule has 0 fully saturated rings. The van der Waals surface area contributed by atoms with E-state index in [9.17, 15) is 0 Å². The Morgan fingerprint density at radius 2 is 2.06 bits per heavy atom. The largest absolute Gasteiger partial charge is 0.388 e. The third-order valence-corrected chi connectivity index (χ3v) is 3.27. The summed E-state index contributed by atoms with van der Waals surface area (Å²) in [6.45, 7) is 4.57. The molecule has 1 aromatic rings. The van der Waals surface area contributed by atoms with Crippen molar-refractivity contribution in [1.29, 1.82) is 5.41 Å². The van der Waals surface area contributed by atoms with E-state index in [0.29, 0.717) is 16.5 Å². The number of nitrogens with two attached hydrogens (primary N) is 1. The van der Waals surface area contributed by atoms with E-state index in [1.165, 1.54) is 0 Å². The highest BCUT2D eigenvalue weighted by atomic mass is 35.5. The lowest BCUT2D eigenvalue weighted by atomic mass is 10.2. The molecule has 3 N–H and O–H groups in total. The van der Waals surface area contributed by atoms with E-state index in [1.54, 1.807) is 6.07 Å². The minimum Gasteiger partial charge on any atom is -0.388 e. The second-order valence-electron chi connectivity index (χ2n) is 3.89. The smallest absolute Gasteiger partial charge is 0.0918 e. The third-order valence-electron chi connectivity index (χ3n) is 2.53. The van der Waals surface area contributed by atoms with Crippen LogP contribution in [0.4, 0.5) is 0 Å². The van der Waals surface area contributed by atoms with Crippen LogP contribution in [0.2, 0.25) is 10.0 Å². The zero-order valence-electron chi connectivity index (χ0n) is 9.84. The Morgan fingerprint density at radius 3 is 2.59 bits per heavy atom. The molecule has 0 aliphatic rings. The van der Waals surface area contributed by atoms with Crippen molar-refractivity contribution in [2.45, 2.75) is 19.9 Å². The molecule has 0 saturated heterocycles. The number of hydrogen-bond acceptors (Lipinski definition) is 2. The molecule has 3 nitrogen and oxygen atoms in total. The van der Waals surface area contributed by atoms with Gasteiger partial charge in [0.25, 0.3) is 0 Å². The zero-order chi connectivity index (χ0) is 12.8. The van der Waals surface area contributed by atoms with Crippen LogP contribution < -0.4 is 5.73 Å². The fourth-order valence-corrected chi connectivity index (χ4v) is 1.84. The quantitative estimate of drug-likeness (QED) is 0.618. The number of amidine groups is 1. The molecule has 0 aromatic heterocycles. The van der Waals surface area contributed by atoms with Crippen LogP contribution in [-0.2, 0) is 6.54 Å². The molecule has 94 valence electrons. The standard InChI is InChI=1S/C12H17Cl2N3/c1-2-17(6-5-12(15)16)8-9-3-4-10(13)11(14)7-9/h3-4,7H,2,5-6,8H2,1H3,(H3,15,16). The summed E-state index contributed by atoms with van der Waals surface area (Å²) >= 11 is 11.8. The Morgan fingerprint density at radius 1 is 1.35 bits per heavy atom. The molecule has 0 unspecified atom stereocenters. The van der Waals surface area contributed by atoms with E-state index < -0.39 is 0 Å². The lowest BCUT2D eigenvalue weighted by molar-refractivity contribution is 0.288. The van der Waals surface area contributed by atoms with Crippen molar-refractivity contribution in [3.63, 3.8) is 0 Å². The molecule has 0 atom stereocenters. The van der Waals surface area contributed by atoms with Crippen LogP contribution in [0.3, 0.4) is 0 Å². The first kappa shape index (κ1) is 14.3. The molecule has 0 aliphatic carbocycles. The van der Waals surface area contributed by atoms with Gasteiger partial charge in [-0.2, -0.15) is 0 Å². The summed E-state index contributed by atoms with van der Waals surface area (Å²) in [7, 11) is 0. The van der Waals surface area contributed by atoms with Gasteiger partial charge in [-0.15, -0.1) is 0 Å². The van der Waals surface area contributed by atoms with Crippen LogP contribution >= 0.6 is 23.2 Å². The van der Waals surface area contributed by atoms with Crippen LogP contribution in [0.5, 0.6) is 0 Å². The topological polar surface area (TPSA) is 53.1 Å². The first-order valence-corrected chi connectivity index (χ1v) is 6.27. The van der Waals surface area contributed by atoms with Gasteiger partial charge in [-0.25, -0.2) is 0 Å². The normalized spacial score (nSPS) is 10.8. The molecule has 0 amide bonds. The van der Waals surface area contributed by atoms with Gasteiger partial charge in [0.05, 0.1) is 15.9 Å². The molecule has 0 radical (unpaired) electrons. The van der Waals surface area contributed by atoms with E-state index in [-0.39, 0.29) is 5.84 Å². The van der Waals surface area contributed by atoms with E-state index in [4.69, 9.17) is 34.3 Å². The lowest BCUT2D eigenvalue weighted by Gasteiger charge is -2.20. The predicted octanol–water partition coefficient (Wildman–Crippen LogP) is 3.14. The van der Waals surface area contributed by atoms with Crippen LogP contribution in [0, 0.1) is 5.41 Å². The molecule has 1 aromatic carbocycles. The van der Waals surface area contributed by atoms with E-state index in [0.717, 1.165) is 25.2 Å². The van der Waals surface area contributed by atoms with Crippen molar-refractivity contribution < 1.29 is 0 Å². The maximum Gasteiger partial charge on any atom is 0.0918 e. The number of rotatable bonds is 6. The van der Waals surface area contributed by atoms with Gasteiger partial charge < -0.3 is 5.73 Å². The lowest BCUT2D eigenvalue weighted by Crippen LogP contribution is -2.27. The average Bonchev–Trinajstić information content (AvgIpc) is 2.28. The minimum atomic E-state index is 0.220. The molecule has 0 heterocycles. The monoisotopic (exact) mass is 273 g/mol. The van der Waals surface area contributed by atoms with Crippen molar-refractivity contribution in [2.75, 3.05) is 13.1 Å². The third kappa shape index (κ3) is 4.94. The summed E-state index contributed by atoms with van der Waals surface area (Å²) in [5, 5.41) is 8.36. The highest BCUT2D eigenvalue weighted by Gasteiger charge is 2.06. The van der Waals surface area contributed by atoms with Crippen LogP contribution in [0.25, 0.3) is 0 Å². The van der Waals surface area contributed by atoms with E-state index in [1.807, 2.05) is 12.1 Å². The van der Waals surface area contributed by atoms with Gasteiger partial charge >= 0.3 is 0 Å². The Bertz CT molecular complexity index is 393. The second kappa shape index (κ2) is 6.84. The average molecular weight is 274 g/mol. The molecule has 0 spiro atoms. The molecule has 1 rings (SSSR count). The Hall–Kier alpha value is -0.770. The van der Waals surface area contributed by atoms with Crippen molar-refractivity contribution in [3.05, 3.63) is 33.8 Å². The van der Waals surface area contributed by atoms with Crippen molar-refractivity contribution in [3.8, 4) is 0 Å². The predicted molar refractivity (Wildman–Crippen MR) is 73.9 cm³/mol. The number of halogens is 2. The van der Waals surface area contributed by atoms with Gasteiger partial charge in [0.15, 0.2) is 0 Å². The Labute approximate surface area is 112 Å². The van der Waals surface area contributed by atoms with Gasteiger partial charge in [-0.3, -0.25) is 10.3 Å². The first-order chi connectivity index (χ1) is 8.02. The summed E-state index contributed by atoms with van der Waals surface area (Å²) in [5.41, 5.74) is 6.47. The second-order valence-corrected chi connectivity index (χ2v) is 4.71.